The van der Waals surface area contributed by atoms with Crippen molar-refractivity contribution in [2.75, 3.05) is 24.2 Å². The van der Waals surface area contributed by atoms with Gasteiger partial charge >= 0.3 is 0 Å². The highest BCUT2D eigenvalue weighted by atomic mass is 32.2. The first kappa shape index (κ1) is 13.8. The third-order valence-electron chi connectivity index (χ3n) is 3.26. The van der Waals surface area contributed by atoms with Gasteiger partial charge in [-0.3, -0.25) is 10.1 Å². The maximum absolute atomic E-state index is 11.5. The van der Waals surface area contributed by atoms with Crippen LogP contribution in [0.5, 0.6) is 0 Å². The van der Waals surface area contributed by atoms with E-state index in [0.29, 0.717) is 0 Å². The van der Waals surface area contributed by atoms with Gasteiger partial charge in [-0.25, -0.2) is 8.42 Å². The van der Waals surface area contributed by atoms with Crippen LogP contribution in [-0.2, 0) is 9.84 Å². The highest BCUT2D eigenvalue weighted by Gasteiger charge is 2.24. The van der Waals surface area contributed by atoms with E-state index in [4.69, 9.17) is 0 Å². The van der Waals surface area contributed by atoms with Crippen LogP contribution in [0.3, 0.4) is 0 Å². The molecular weight excluding hydrogens is 268 g/mol. The summed E-state index contributed by atoms with van der Waals surface area (Å²) in [7, 11) is -3.59. The molecule has 0 bridgehead atoms. The predicted molar refractivity (Wildman–Crippen MR) is 72.3 cm³/mol. The third-order valence-corrected chi connectivity index (χ3v) is 4.40. The van der Waals surface area contributed by atoms with Crippen molar-refractivity contribution in [2.45, 2.75) is 24.2 Å². The smallest absolute Gasteiger partial charge is 0.290 e. The van der Waals surface area contributed by atoms with Crippen LogP contribution in [0, 0.1) is 10.1 Å². The van der Waals surface area contributed by atoms with Gasteiger partial charge in [-0.2, -0.15) is 0 Å². The standard InChI is InChI=1S/C12H16N2O4S/c1-19(17,18)12-6-5-10(9-11(12)14(15)16)13-7-3-2-4-8-13/h5-6,9H,2-4,7-8H2,1H3. The summed E-state index contributed by atoms with van der Waals surface area (Å²) in [4.78, 5) is 12.2. The molecule has 0 radical (unpaired) electrons. The Kier molecular flexibility index (Phi) is 3.75. The number of hydrogen-bond donors (Lipinski definition) is 0. The van der Waals surface area contributed by atoms with E-state index in [1.54, 1.807) is 6.07 Å². The topological polar surface area (TPSA) is 80.5 Å². The van der Waals surface area contributed by atoms with Crippen LogP contribution in [0.2, 0.25) is 0 Å². The molecule has 1 heterocycles. The summed E-state index contributed by atoms with van der Waals surface area (Å²) in [6.07, 6.45) is 4.26. The fourth-order valence-electron chi connectivity index (χ4n) is 2.31. The quantitative estimate of drug-likeness (QED) is 0.626. The van der Waals surface area contributed by atoms with Crippen molar-refractivity contribution in [1.29, 1.82) is 0 Å². The molecule has 2 rings (SSSR count). The minimum atomic E-state index is -3.59. The van der Waals surface area contributed by atoms with Crippen molar-refractivity contribution in [3.8, 4) is 0 Å². The van der Waals surface area contributed by atoms with Gasteiger partial charge in [0.2, 0.25) is 0 Å². The van der Waals surface area contributed by atoms with Crippen molar-refractivity contribution in [2.24, 2.45) is 0 Å². The molecule has 1 aromatic carbocycles. The lowest BCUT2D eigenvalue weighted by molar-refractivity contribution is -0.387. The van der Waals surface area contributed by atoms with Crippen LogP contribution in [-0.4, -0.2) is 32.7 Å². The van der Waals surface area contributed by atoms with E-state index in [1.165, 1.54) is 18.6 Å². The van der Waals surface area contributed by atoms with E-state index < -0.39 is 14.8 Å². The molecule has 0 aromatic heterocycles. The van der Waals surface area contributed by atoms with Gasteiger partial charge in [0.15, 0.2) is 9.84 Å². The van der Waals surface area contributed by atoms with Crippen molar-refractivity contribution in [3.05, 3.63) is 28.3 Å². The molecule has 1 aromatic rings. The van der Waals surface area contributed by atoms with Crippen LogP contribution in [0.4, 0.5) is 11.4 Å². The van der Waals surface area contributed by atoms with E-state index in [2.05, 4.69) is 4.90 Å². The van der Waals surface area contributed by atoms with Crippen molar-refractivity contribution in [1.82, 2.24) is 0 Å². The molecule has 7 heteroatoms. The fourth-order valence-corrected chi connectivity index (χ4v) is 3.14. The first-order chi connectivity index (χ1) is 8.89. The fraction of sp³-hybridized carbons (Fsp3) is 0.500. The third kappa shape index (κ3) is 3.04. The van der Waals surface area contributed by atoms with Gasteiger partial charge in [-0.15, -0.1) is 0 Å². The maximum atomic E-state index is 11.5. The summed E-state index contributed by atoms with van der Waals surface area (Å²) < 4.78 is 23.1. The summed E-state index contributed by atoms with van der Waals surface area (Å²) >= 11 is 0. The monoisotopic (exact) mass is 284 g/mol. The average Bonchev–Trinajstić information content (AvgIpc) is 2.38. The van der Waals surface area contributed by atoms with Crippen LogP contribution in [0.1, 0.15) is 19.3 Å². The maximum Gasteiger partial charge on any atom is 0.290 e. The van der Waals surface area contributed by atoms with Crippen LogP contribution >= 0.6 is 0 Å². The molecule has 0 aliphatic carbocycles. The number of nitro benzene ring substituents is 1. The number of hydrogen-bond acceptors (Lipinski definition) is 5. The highest BCUT2D eigenvalue weighted by Crippen LogP contribution is 2.30. The zero-order chi connectivity index (χ0) is 14.0. The largest absolute Gasteiger partial charge is 0.371 e. The zero-order valence-electron chi connectivity index (χ0n) is 10.7. The average molecular weight is 284 g/mol. The number of sulfone groups is 1. The summed E-state index contributed by atoms with van der Waals surface area (Å²) in [6.45, 7) is 1.71. The molecule has 0 saturated carbocycles. The summed E-state index contributed by atoms with van der Waals surface area (Å²) in [5, 5.41) is 11.0. The van der Waals surface area contributed by atoms with E-state index in [1.807, 2.05) is 0 Å². The van der Waals surface area contributed by atoms with E-state index in [0.717, 1.165) is 37.9 Å². The van der Waals surface area contributed by atoms with Gasteiger partial charge in [0.1, 0.15) is 4.90 Å². The summed E-state index contributed by atoms with van der Waals surface area (Å²) in [5.41, 5.74) is 0.379. The molecule has 0 amide bonds. The molecule has 6 nitrogen and oxygen atoms in total. The van der Waals surface area contributed by atoms with Gasteiger partial charge in [0.05, 0.1) is 4.92 Å². The minimum absolute atomic E-state index is 0.224. The number of nitro groups is 1. The number of piperidine rings is 1. The van der Waals surface area contributed by atoms with Crippen molar-refractivity contribution < 1.29 is 13.3 Å². The molecule has 0 N–H and O–H groups in total. The SMILES string of the molecule is CS(=O)(=O)c1ccc(N2CCCCC2)cc1[N+](=O)[O-]. The Hall–Kier alpha value is -1.63. The van der Waals surface area contributed by atoms with Crippen LogP contribution < -0.4 is 4.90 Å². The van der Waals surface area contributed by atoms with Gasteiger partial charge in [-0.1, -0.05) is 0 Å². The lowest BCUT2D eigenvalue weighted by atomic mass is 10.1. The van der Waals surface area contributed by atoms with Gasteiger partial charge in [0, 0.05) is 31.1 Å². The van der Waals surface area contributed by atoms with Gasteiger partial charge < -0.3 is 4.90 Å². The first-order valence-electron chi connectivity index (χ1n) is 6.13. The Labute approximate surface area is 112 Å². The molecule has 0 atom stereocenters. The van der Waals surface area contributed by atoms with Crippen molar-refractivity contribution >= 4 is 21.2 Å². The van der Waals surface area contributed by atoms with E-state index >= 15 is 0 Å². The Bertz CT molecular complexity index is 592. The Morgan fingerprint density at radius 2 is 1.84 bits per heavy atom. The normalized spacial score (nSPS) is 16.4. The Morgan fingerprint density at radius 1 is 1.21 bits per heavy atom. The number of nitrogens with zero attached hydrogens (tertiary/aromatic N) is 2. The Balaban J connectivity index is 2.44. The summed E-state index contributed by atoms with van der Waals surface area (Å²) in [6, 6.07) is 4.34. The van der Waals surface area contributed by atoms with Crippen LogP contribution in [0.15, 0.2) is 23.1 Å². The Morgan fingerprint density at radius 3 is 2.37 bits per heavy atom. The number of anilines is 1. The number of rotatable bonds is 3. The molecule has 19 heavy (non-hydrogen) atoms. The molecular formula is C12H16N2O4S. The second kappa shape index (κ2) is 5.16. The molecule has 1 aliphatic heterocycles. The second-order valence-electron chi connectivity index (χ2n) is 4.73. The van der Waals surface area contributed by atoms with Gasteiger partial charge in [0.25, 0.3) is 5.69 Å². The molecule has 0 unspecified atom stereocenters. The molecule has 1 aliphatic rings. The van der Waals surface area contributed by atoms with E-state index in [9.17, 15) is 18.5 Å². The summed E-state index contributed by atoms with van der Waals surface area (Å²) in [5.74, 6) is 0. The predicted octanol–water partition coefficient (Wildman–Crippen LogP) is 1.99. The van der Waals surface area contributed by atoms with Crippen molar-refractivity contribution in [3.63, 3.8) is 0 Å². The number of benzene rings is 1. The molecule has 1 fully saturated rings. The molecule has 1 saturated heterocycles. The molecule has 104 valence electrons. The second-order valence-corrected chi connectivity index (χ2v) is 6.71. The highest BCUT2D eigenvalue weighted by molar-refractivity contribution is 7.90. The minimum Gasteiger partial charge on any atom is -0.371 e. The molecule has 0 spiro atoms. The first-order valence-corrected chi connectivity index (χ1v) is 8.02. The van der Waals surface area contributed by atoms with Crippen LogP contribution in [0.25, 0.3) is 0 Å². The van der Waals surface area contributed by atoms with E-state index in [-0.39, 0.29) is 10.6 Å². The lowest BCUT2D eigenvalue weighted by Gasteiger charge is -2.28. The lowest BCUT2D eigenvalue weighted by Crippen LogP contribution is -2.29. The van der Waals surface area contributed by atoms with Gasteiger partial charge in [-0.05, 0) is 31.4 Å². The zero-order valence-corrected chi connectivity index (χ0v) is 11.5.